The summed E-state index contributed by atoms with van der Waals surface area (Å²) >= 11 is 0. The Labute approximate surface area is 225 Å². The molecule has 3 aromatic rings. The molecule has 9 heteroatoms. The number of ether oxygens (including phenoxy) is 3. The number of fused-ring (bicyclic) bond motifs is 1. The molecule has 0 aromatic heterocycles. The van der Waals surface area contributed by atoms with Crippen molar-refractivity contribution < 1.29 is 32.2 Å². The van der Waals surface area contributed by atoms with Crippen LogP contribution in [0.15, 0.2) is 54.6 Å². The fraction of sp³-hybridized carbons (Fsp3) is 0.367. The monoisotopic (exact) mass is 540 g/mol. The predicted octanol–water partition coefficient (Wildman–Crippen LogP) is 6.74. The molecule has 2 heterocycles. The van der Waals surface area contributed by atoms with E-state index in [1.54, 1.807) is 0 Å². The van der Waals surface area contributed by atoms with Gasteiger partial charge >= 0.3 is 6.18 Å². The van der Waals surface area contributed by atoms with Crippen LogP contribution in [0.1, 0.15) is 52.4 Å². The van der Waals surface area contributed by atoms with Gasteiger partial charge in [0.1, 0.15) is 18.1 Å². The van der Waals surface area contributed by atoms with Crippen molar-refractivity contribution in [2.75, 3.05) is 30.0 Å². The number of hydrogen-bond donors (Lipinski definition) is 1. The second-order valence-corrected chi connectivity index (χ2v) is 9.78. The van der Waals surface area contributed by atoms with E-state index in [0.717, 1.165) is 47.4 Å². The van der Waals surface area contributed by atoms with Crippen molar-refractivity contribution in [3.05, 3.63) is 82.4 Å². The first-order valence-corrected chi connectivity index (χ1v) is 13.1. The third-order valence-corrected chi connectivity index (χ3v) is 6.95. The number of carbonyl (C=O) groups excluding carboxylic acids is 1. The number of carbonyl (C=O) groups is 1. The van der Waals surface area contributed by atoms with Crippen LogP contribution >= 0.6 is 0 Å². The summed E-state index contributed by atoms with van der Waals surface area (Å²) in [6.07, 6.45) is -3.03. The van der Waals surface area contributed by atoms with Crippen LogP contribution in [0, 0.1) is 6.92 Å². The molecule has 0 bridgehead atoms. The van der Waals surface area contributed by atoms with Gasteiger partial charge in [-0.3, -0.25) is 4.79 Å². The first kappa shape index (κ1) is 26.9. The largest absolute Gasteiger partial charge is 0.494 e. The van der Waals surface area contributed by atoms with E-state index in [2.05, 4.69) is 5.32 Å². The van der Waals surface area contributed by atoms with Gasteiger partial charge in [-0.05, 0) is 67.6 Å². The summed E-state index contributed by atoms with van der Waals surface area (Å²) in [4.78, 5) is 14.9. The van der Waals surface area contributed by atoms with Crippen LogP contribution in [0.5, 0.6) is 11.5 Å². The number of amides is 1. The number of alkyl halides is 3. The Bertz CT molecular complexity index is 1350. The fourth-order valence-corrected chi connectivity index (χ4v) is 5.00. The lowest BCUT2D eigenvalue weighted by molar-refractivity contribution is -0.137. The molecule has 39 heavy (non-hydrogen) atoms. The van der Waals surface area contributed by atoms with Crippen LogP contribution in [-0.4, -0.2) is 31.8 Å². The lowest BCUT2D eigenvalue weighted by Crippen LogP contribution is -2.24. The molecule has 1 atom stereocenters. The molecule has 1 unspecified atom stereocenters. The minimum absolute atomic E-state index is 0.0586. The molecule has 1 amide bonds. The van der Waals surface area contributed by atoms with Gasteiger partial charge in [-0.15, -0.1) is 0 Å². The zero-order chi connectivity index (χ0) is 27.6. The summed E-state index contributed by atoms with van der Waals surface area (Å²) in [6.45, 7) is 5.92. The van der Waals surface area contributed by atoms with E-state index in [9.17, 15) is 18.0 Å². The van der Waals surface area contributed by atoms with E-state index >= 15 is 0 Å². The number of halogens is 3. The number of hydrogen-bond acceptors (Lipinski definition) is 5. The van der Waals surface area contributed by atoms with Crippen LogP contribution in [0.25, 0.3) is 0 Å². The van der Waals surface area contributed by atoms with Crippen molar-refractivity contribution in [2.45, 2.75) is 52.1 Å². The summed E-state index contributed by atoms with van der Waals surface area (Å²) in [5.41, 5.74) is 3.14. The summed E-state index contributed by atoms with van der Waals surface area (Å²) < 4.78 is 58.1. The van der Waals surface area contributed by atoms with Crippen LogP contribution in [0.3, 0.4) is 0 Å². The van der Waals surface area contributed by atoms with Crippen molar-refractivity contribution in [3.8, 4) is 11.5 Å². The molecule has 1 fully saturated rings. The van der Waals surface area contributed by atoms with E-state index < -0.39 is 11.7 Å². The topological polar surface area (TPSA) is 60.0 Å². The third-order valence-electron chi connectivity index (χ3n) is 6.95. The molecule has 1 saturated heterocycles. The van der Waals surface area contributed by atoms with Crippen molar-refractivity contribution in [1.29, 1.82) is 0 Å². The van der Waals surface area contributed by atoms with Crippen LogP contribution < -0.4 is 19.7 Å². The molecule has 3 aromatic carbocycles. The third kappa shape index (κ3) is 5.98. The Balaban J connectivity index is 1.37. The maximum Gasteiger partial charge on any atom is 0.416 e. The highest BCUT2D eigenvalue weighted by molar-refractivity contribution is 6.13. The highest BCUT2D eigenvalue weighted by Crippen LogP contribution is 2.39. The van der Waals surface area contributed by atoms with E-state index in [0.29, 0.717) is 31.0 Å². The molecule has 2 aliphatic rings. The second kappa shape index (κ2) is 11.2. The van der Waals surface area contributed by atoms with E-state index in [1.165, 1.54) is 11.0 Å². The maximum absolute atomic E-state index is 13.8. The molecule has 206 valence electrons. The SMILES string of the molecule is CCOc1ccc(CNc2cccc3c2C(=O)N(c2cc(OCC4CCCO4)cc(C(F)(F)F)c2)C3)cc1C. The van der Waals surface area contributed by atoms with Gasteiger partial charge in [-0.25, -0.2) is 0 Å². The van der Waals surface area contributed by atoms with Crippen molar-refractivity contribution >= 4 is 17.3 Å². The minimum Gasteiger partial charge on any atom is -0.494 e. The van der Waals surface area contributed by atoms with Gasteiger partial charge in [0, 0.05) is 30.6 Å². The molecule has 6 nitrogen and oxygen atoms in total. The summed E-state index contributed by atoms with van der Waals surface area (Å²) in [6, 6.07) is 14.8. The van der Waals surface area contributed by atoms with Crippen molar-refractivity contribution in [3.63, 3.8) is 0 Å². The molecular weight excluding hydrogens is 509 g/mol. The van der Waals surface area contributed by atoms with Crippen LogP contribution in [-0.2, 0) is 24.0 Å². The normalized spacial score (nSPS) is 16.9. The van der Waals surface area contributed by atoms with Gasteiger partial charge in [-0.1, -0.05) is 24.3 Å². The summed E-state index contributed by atoms with van der Waals surface area (Å²) in [5, 5.41) is 3.33. The van der Waals surface area contributed by atoms with E-state index in [4.69, 9.17) is 14.2 Å². The van der Waals surface area contributed by atoms with E-state index in [1.807, 2.05) is 50.2 Å². The Morgan fingerprint density at radius 1 is 1.10 bits per heavy atom. The summed E-state index contributed by atoms with van der Waals surface area (Å²) in [5.74, 6) is 0.525. The Hall–Kier alpha value is -3.72. The van der Waals surface area contributed by atoms with Gasteiger partial charge in [0.15, 0.2) is 0 Å². The average Bonchev–Trinajstić information content (AvgIpc) is 3.55. The molecule has 1 N–H and O–H groups in total. The zero-order valence-corrected chi connectivity index (χ0v) is 21.9. The highest BCUT2D eigenvalue weighted by Gasteiger charge is 2.35. The molecule has 0 saturated carbocycles. The number of rotatable bonds is 9. The van der Waals surface area contributed by atoms with Gasteiger partial charge < -0.3 is 24.4 Å². The van der Waals surface area contributed by atoms with Gasteiger partial charge in [-0.2, -0.15) is 13.2 Å². The number of aryl methyl sites for hydroxylation is 1. The molecule has 0 aliphatic carbocycles. The standard InChI is InChI=1S/C30H31F3N2O4/c1-3-37-27-10-9-20(12-19(27)2)16-34-26-8-4-6-21-17-35(29(36)28(21)26)23-13-22(30(31,32)33)14-25(15-23)39-18-24-7-5-11-38-24/h4,6,8-10,12-15,24,34H,3,5,7,11,16-18H2,1-2H3. The first-order chi connectivity index (χ1) is 18.7. The number of benzene rings is 3. The Kier molecular flexibility index (Phi) is 7.70. The number of nitrogens with one attached hydrogen (secondary N) is 1. The second-order valence-electron chi connectivity index (χ2n) is 9.78. The van der Waals surface area contributed by atoms with Crippen LogP contribution in [0.4, 0.5) is 24.5 Å². The van der Waals surface area contributed by atoms with Gasteiger partial charge in [0.2, 0.25) is 0 Å². The summed E-state index contributed by atoms with van der Waals surface area (Å²) in [7, 11) is 0. The van der Waals surface area contributed by atoms with Crippen molar-refractivity contribution in [2.24, 2.45) is 0 Å². The quantitative estimate of drug-likeness (QED) is 0.326. The first-order valence-electron chi connectivity index (χ1n) is 13.1. The Morgan fingerprint density at radius 2 is 1.95 bits per heavy atom. The molecular formula is C30H31F3N2O4. The van der Waals surface area contributed by atoms with E-state index in [-0.39, 0.29) is 36.6 Å². The Morgan fingerprint density at radius 3 is 2.67 bits per heavy atom. The fourth-order valence-electron chi connectivity index (χ4n) is 5.00. The molecule has 2 aliphatic heterocycles. The maximum atomic E-state index is 13.8. The smallest absolute Gasteiger partial charge is 0.416 e. The number of anilines is 2. The minimum atomic E-state index is -4.59. The average molecular weight is 541 g/mol. The zero-order valence-electron chi connectivity index (χ0n) is 21.9. The predicted molar refractivity (Wildman–Crippen MR) is 143 cm³/mol. The van der Waals surface area contributed by atoms with Crippen LogP contribution in [0.2, 0.25) is 0 Å². The molecule has 0 spiro atoms. The molecule has 5 rings (SSSR count). The molecule has 0 radical (unpaired) electrons. The van der Waals surface area contributed by atoms with Gasteiger partial charge in [0.25, 0.3) is 5.91 Å². The van der Waals surface area contributed by atoms with Gasteiger partial charge in [0.05, 0.1) is 30.4 Å². The number of nitrogens with zero attached hydrogens (tertiary/aromatic N) is 1. The highest BCUT2D eigenvalue weighted by atomic mass is 19.4. The lowest BCUT2D eigenvalue weighted by atomic mass is 10.1. The lowest BCUT2D eigenvalue weighted by Gasteiger charge is -2.20. The van der Waals surface area contributed by atoms with Crippen molar-refractivity contribution in [1.82, 2.24) is 0 Å².